The molecule has 1 aromatic carbocycles. The number of halogens is 1. The van der Waals surface area contributed by atoms with Gasteiger partial charge in [-0.2, -0.15) is 0 Å². The number of aromatic nitrogens is 1. The summed E-state index contributed by atoms with van der Waals surface area (Å²) >= 11 is 3.56. The quantitative estimate of drug-likeness (QED) is 0.724. The van der Waals surface area contributed by atoms with E-state index < -0.39 is 0 Å². The lowest BCUT2D eigenvalue weighted by Gasteiger charge is -2.24. The fourth-order valence-electron chi connectivity index (χ4n) is 3.03. The molecular weight excluding hydrogens is 262 g/mol. The minimum Gasteiger partial charge on any atom is -0.358 e. The number of benzene rings is 1. The molecule has 0 spiro atoms. The van der Waals surface area contributed by atoms with Gasteiger partial charge in [0.2, 0.25) is 0 Å². The van der Waals surface area contributed by atoms with Crippen molar-refractivity contribution in [2.24, 2.45) is 5.92 Å². The normalized spacial score (nSPS) is 24.7. The lowest BCUT2D eigenvalue weighted by Crippen LogP contribution is -2.13. The van der Waals surface area contributed by atoms with Crippen LogP contribution in [0.3, 0.4) is 0 Å². The van der Waals surface area contributed by atoms with Crippen LogP contribution < -0.4 is 0 Å². The molecule has 2 unspecified atom stereocenters. The van der Waals surface area contributed by atoms with Crippen LogP contribution in [0.15, 0.2) is 22.7 Å². The van der Waals surface area contributed by atoms with E-state index in [1.165, 1.54) is 33.9 Å². The first kappa shape index (κ1) is 10.4. The first-order valence-corrected chi connectivity index (χ1v) is 6.74. The first-order valence-electron chi connectivity index (χ1n) is 5.95. The van der Waals surface area contributed by atoms with Gasteiger partial charge in [0.1, 0.15) is 0 Å². The zero-order valence-electron chi connectivity index (χ0n) is 9.68. The Balaban J connectivity index is 2.27. The van der Waals surface area contributed by atoms with E-state index >= 15 is 0 Å². The van der Waals surface area contributed by atoms with Gasteiger partial charge in [-0.3, -0.25) is 0 Å². The molecule has 1 nitrogen and oxygen atoms in total. The molecule has 0 bridgehead atoms. The second-order valence-electron chi connectivity index (χ2n) is 5.15. The number of H-pyrrole nitrogens is 1. The van der Waals surface area contributed by atoms with Crippen molar-refractivity contribution in [3.63, 3.8) is 0 Å². The molecule has 0 saturated heterocycles. The van der Waals surface area contributed by atoms with E-state index in [1.54, 1.807) is 5.56 Å². The van der Waals surface area contributed by atoms with E-state index in [4.69, 9.17) is 0 Å². The highest BCUT2D eigenvalue weighted by atomic mass is 79.9. The number of nitrogens with one attached hydrogen (secondary N) is 1. The van der Waals surface area contributed by atoms with E-state index in [9.17, 15) is 0 Å². The molecule has 0 radical (unpaired) electrons. The van der Waals surface area contributed by atoms with E-state index in [-0.39, 0.29) is 0 Å². The Morgan fingerprint density at radius 3 is 2.94 bits per heavy atom. The van der Waals surface area contributed by atoms with Crippen molar-refractivity contribution in [1.82, 2.24) is 4.98 Å². The zero-order chi connectivity index (χ0) is 11.3. The van der Waals surface area contributed by atoms with Gasteiger partial charge in [0, 0.05) is 21.1 Å². The third-order valence-corrected chi connectivity index (χ3v) is 4.20. The van der Waals surface area contributed by atoms with Crippen LogP contribution in [-0.2, 0) is 6.42 Å². The molecule has 2 heteroatoms. The summed E-state index contributed by atoms with van der Waals surface area (Å²) in [5.41, 5.74) is 4.29. The Hall–Kier alpha value is -0.760. The molecule has 3 rings (SSSR count). The number of aromatic amines is 1. The maximum Gasteiger partial charge on any atom is 0.0459 e. The molecule has 1 aliphatic carbocycles. The second kappa shape index (κ2) is 3.63. The van der Waals surface area contributed by atoms with Crippen LogP contribution in [0.4, 0.5) is 0 Å². The van der Waals surface area contributed by atoms with Crippen LogP contribution in [0.1, 0.15) is 37.4 Å². The topological polar surface area (TPSA) is 15.8 Å². The van der Waals surface area contributed by atoms with Gasteiger partial charge in [-0.15, -0.1) is 0 Å². The van der Waals surface area contributed by atoms with Gasteiger partial charge < -0.3 is 4.98 Å². The molecule has 16 heavy (non-hydrogen) atoms. The fraction of sp³-hybridized carbons (Fsp3) is 0.429. The molecule has 0 saturated carbocycles. The molecule has 84 valence electrons. The van der Waals surface area contributed by atoms with Crippen molar-refractivity contribution >= 4 is 26.8 Å². The smallest absolute Gasteiger partial charge is 0.0459 e. The zero-order valence-corrected chi connectivity index (χ0v) is 11.3. The number of hydrogen-bond donors (Lipinski definition) is 1. The molecule has 2 atom stereocenters. The van der Waals surface area contributed by atoms with Gasteiger partial charge >= 0.3 is 0 Å². The van der Waals surface area contributed by atoms with Crippen LogP contribution >= 0.6 is 15.9 Å². The van der Waals surface area contributed by atoms with Gasteiger partial charge in [0.15, 0.2) is 0 Å². The highest BCUT2D eigenvalue weighted by Crippen LogP contribution is 2.38. The minimum atomic E-state index is 0.671. The predicted molar refractivity (Wildman–Crippen MR) is 71.9 cm³/mol. The summed E-state index contributed by atoms with van der Waals surface area (Å²) in [5, 5.41) is 1.41. The average molecular weight is 278 g/mol. The molecular formula is C14H16BrN. The SMILES string of the molecule is CC1Cc2c([nH]c3ccc(Br)cc23)C(C)C1. The molecule has 1 N–H and O–H groups in total. The largest absolute Gasteiger partial charge is 0.358 e. The van der Waals surface area contributed by atoms with Crippen LogP contribution in [0.25, 0.3) is 10.9 Å². The lowest BCUT2D eigenvalue weighted by molar-refractivity contribution is 0.447. The van der Waals surface area contributed by atoms with Crippen LogP contribution in [0.2, 0.25) is 0 Å². The summed E-state index contributed by atoms with van der Waals surface area (Å²) in [4.78, 5) is 3.59. The summed E-state index contributed by atoms with van der Waals surface area (Å²) in [6, 6.07) is 6.53. The molecule has 0 aliphatic heterocycles. The molecule has 0 fully saturated rings. The van der Waals surface area contributed by atoms with Gasteiger partial charge in [-0.05, 0) is 48.4 Å². The van der Waals surface area contributed by atoms with E-state index in [0.717, 1.165) is 5.92 Å². The van der Waals surface area contributed by atoms with Crippen molar-refractivity contribution in [2.45, 2.75) is 32.6 Å². The Labute approximate surface area is 104 Å². The molecule has 1 aromatic heterocycles. The number of fused-ring (bicyclic) bond motifs is 3. The first-order chi connectivity index (χ1) is 7.65. The molecule has 1 aliphatic rings. The number of hydrogen-bond acceptors (Lipinski definition) is 0. The molecule has 1 heterocycles. The lowest BCUT2D eigenvalue weighted by atomic mass is 9.81. The van der Waals surface area contributed by atoms with Gasteiger partial charge in [-0.25, -0.2) is 0 Å². The highest BCUT2D eigenvalue weighted by molar-refractivity contribution is 9.10. The van der Waals surface area contributed by atoms with E-state index in [2.05, 4.69) is 53.0 Å². The van der Waals surface area contributed by atoms with Crippen molar-refractivity contribution in [3.8, 4) is 0 Å². The second-order valence-corrected chi connectivity index (χ2v) is 6.07. The molecule has 2 aromatic rings. The standard InChI is InChI=1S/C14H16BrN/c1-8-5-9(2)14-12(6-8)11-7-10(15)3-4-13(11)16-14/h3-4,7-9,16H,5-6H2,1-2H3. The van der Waals surface area contributed by atoms with Crippen molar-refractivity contribution < 1.29 is 0 Å². The Bertz CT molecular complexity index is 541. The Morgan fingerprint density at radius 2 is 2.12 bits per heavy atom. The maximum atomic E-state index is 3.59. The highest BCUT2D eigenvalue weighted by Gasteiger charge is 2.24. The summed E-state index contributed by atoms with van der Waals surface area (Å²) in [5.74, 6) is 1.48. The van der Waals surface area contributed by atoms with E-state index in [1.807, 2.05) is 0 Å². The summed E-state index contributed by atoms with van der Waals surface area (Å²) in [6.45, 7) is 4.69. The third kappa shape index (κ3) is 1.51. The van der Waals surface area contributed by atoms with Crippen LogP contribution in [-0.4, -0.2) is 4.98 Å². The minimum absolute atomic E-state index is 0.671. The maximum absolute atomic E-state index is 3.59. The van der Waals surface area contributed by atoms with Gasteiger partial charge in [-0.1, -0.05) is 29.8 Å². The van der Waals surface area contributed by atoms with Crippen molar-refractivity contribution in [2.75, 3.05) is 0 Å². The summed E-state index contributed by atoms with van der Waals surface area (Å²) < 4.78 is 1.17. The average Bonchev–Trinajstić information content (AvgIpc) is 2.57. The van der Waals surface area contributed by atoms with Crippen LogP contribution in [0.5, 0.6) is 0 Å². The summed E-state index contributed by atoms with van der Waals surface area (Å²) in [6.07, 6.45) is 2.52. The molecule has 0 amide bonds. The summed E-state index contributed by atoms with van der Waals surface area (Å²) in [7, 11) is 0. The third-order valence-electron chi connectivity index (χ3n) is 3.70. The Morgan fingerprint density at radius 1 is 1.31 bits per heavy atom. The monoisotopic (exact) mass is 277 g/mol. The predicted octanol–water partition coefficient (Wildman–Crippen LogP) is 4.62. The van der Waals surface area contributed by atoms with Gasteiger partial charge in [0.05, 0.1) is 0 Å². The van der Waals surface area contributed by atoms with Gasteiger partial charge in [0.25, 0.3) is 0 Å². The fourth-order valence-corrected chi connectivity index (χ4v) is 3.40. The van der Waals surface area contributed by atoms with Crippen molar-refractivity contribution in [3.05, 3.63) is 33.9 Å². The Kier molecular flexibility index (Phi) is 2.36. The van der Waals surface area contributed by atoms with E-state index in [0.29, 0.717) is 5.92 Å². The number of rotatable bonds is 0. The van der Waals surface area contributed by atoms with Crippen molar-refractivity contribution in [1.29, 1.82) is 0 Å². The van der Waals surface area contributed by atoms with Crippen LogP contribution in [0, 0.1) is 5.92 Å².